The molecule has 1 fully saturated rings. The van der Waals surface area contributed by atoms with Crippen molar-refractivity contribution in [1.29, 1.82) is 0 Å². The van der Waals surface area contributed by atoms with Gasteiger partial charge in [-0.15, -0.1) is 5.10 Å². The summed E-state index contributed by atoms with van der Waals surface area (Å²) in [7, 11) is 0. The van der Waals surface area contributed by atoms with Crippen LogP contribution in [0.1, 0.15) is 43.6 Å². The van der Waals surface area contributed by atoms with E-state index in [4.69, 9.17) is 16.3 Å². The highest BCUT2D eigenvalue weighted by atomic mass is 35.5. The van der Waals surface area contributed by atoms with Crippen LogP contribution in [-0.2, 0) is 4.79 Å². The molecule has 6 rings (SSSR count). The minimum Gasteiger partial charge on any atom is -0.470 e. The lowest BCUT2D eigenvalue weighted by Gasteiger charge is -2.33. The van der Waals surface area contributed by atoms with Crippen molar-refractivity contribution >= 4 is 23.1 Å². The van der Waals surface area contributed by atoms with Crippen molar-refractivity contribution in [2.75, 3.05) is 6.61 Å². The molecule has 3 aromatic heterocycles. The first-order chi connectivity index (χ1) is 19.4. The molecule has 206 valence electrons. The zero-order valence-corrected chi connectivity index (χ0v) is 21.9. The predicted octanol–water partition coefficient (Wildman–Crippen LogP) is 3.66. The molecule has 11 nitrogen and oxygen atoms in total. The largest absolute Gasteiger partial charge is 0.470 e. The Morgan fingerprint density at radius 1 is 1.23 bits per heavy atom. The highest BCUT2D eigenvalue weighted by molar-refractivity contribution is 6.31. The molecule has 1 unspecified atom stereocenters. The van der Waals surface area contributed by atoms with Crippen LogP contribution in [-0.4, -0.2) is 69.8 Å². The number of fused-ring (bicyclic) bond motifs is 1. The number of pyridine rings is 1. The molecule has 0 spiro atoms. The number of H-pyrrole nitrogens is 1. The first-order valence-electron chi connectivity index (χ1n) is 12.6. The van der Waals surface area contributed by atoms with Crippen molar-refractivity contribution in [3.8, 4) is 22.8 Å². The second-order valence-electron chi connectivity index (χ2n) is 9.65. The number of hydrogen-bond donors (Lipinski definition) is 2. The van der Waals surface area contributed by atoms with Crippen molar-refractivity contribution in [2.45, 2.75) is 44.4 Å². The van der Waals surface area contributed by atoms with E-state index in [9.17, 15) is 9.90 Å². The molecular weight excluding hydrogens is 546 g/mol. The Kier molecular flexibility index (Phi) is 6.76. The average molecular weight is 569 g/mol. The van der Waals surface area contributed by atoms with Gasteiger partial charge in [-0.2, -0.15) is 4.68 Å². The molecule has 4 aromatic rings. The summed E-state index contributed by atoms with van der Waals surface area (Å²) in [6.07, 6.45) is 6.70. The predicted molar refractivity (Wildman–Crippen MR) is 138 cm³/mol. The summed E-state index contributed by atoms with van der Waals surface area (Å²) in [6, 6.07) is 3.94. The third-order valence-corrected chi connectivity index (χ3v) is 7.42. The van der Waals surface area contributed by atoms with Crippen molar-refractivity contribution in [1.82, 2.24) is 40.1 Å². The van der Waals surface area contributed by atoms with Crippen LogP contribution in [0.25, 0.3) is 22.5 Å². The molecule has 0 radical (unpaired) electrons. The lowest BCUT2D eigenvalue weighted by Crippen LogP contribution is -2.39. The van der Waals surface area contributed by atoms with E-state index in [2.05, 4.69) is 30.5 Å². The maximum atomic E-state index is 15.3. The molecule has 2 N–H and O–H groups in total. The van der Waals surface area contributed by atoms with Gasteiger partial charge in [0.2, 0.25) is 5.91 Å². The third kappa shape index (κ3) is 4.50. The van der Waals surface area contributed by atoms with Crippen LogP contribution in [0.3, 0.4) is 0 Å². The van der Waals surface area contributed by atoms with Gasteiger partial charge < -0.3 is 19.7 Å². The van der Waals surface area contributed by atoms with Gasteiger partial charge in [-0.3, -0.25) is 4.79 Å². The first kappa shape index (κ1) is 26.0. The van der Waals surface area contributed by atoms with Gasteiger partial charge in [0.15, 0.2) is 11.6 Å². The molecule has 0 aliphatic carbocycles. The lowest BCUT2D eigenvalue weighted by molar-refractivity contribution is -0.129. The fourth-order valence-corrected chi connectivity index (χ4v) is 5.45. The standard InChI is InChI=1S/C26H23ClF2N8O3/c1-13(11-38)40-26-23(28)16(6-7-30-26)18-10-31-25(33-18)20-4-2-15-8-14(9-21(39)37(15)20)22-19(36-12-32-34-35-36)5-3-17(27)24(22)29/h3,5-7,9-10,12-13,15,20,38H,2,4,8,11H2,1H3,(H,31,33)/t13?,15-,20-/m0/s1. The Morgan fingerprint density at radius 2 is 2.08 bits per heavy atom. The van der Waals surface area contributed by atoms with E-state index < -0.39 is 17.7 Å². The van der Waals surface area contributed by atoms with E-state index in [1.165, 1.54) is 41.6 Å². The van der Waals surface area contributed by atoms with E-state index >= 15 is 8.78 Å². The van der Waals surface area contributed by atoms with Gasteiger partial charge in [-0.1, -0.05) is 11.6 Å². The Morgan fingerprint density at radius 3 is 2.85 bits per heavy atom. The summed E-state index contributed by atoms with van der Waals surface area (Å²) in [5.74, 6) is -1.35. The molecule has 1 amide bonds. The number of amides is 1. The van der Waals surface area contributed by atoms with Gasteiger partial charge in [0.05, 0.1) is 35.2 Å². The smallest absolute Gasteiger partial charge is 0.251 e. The molecule has 0 saturated carbocycles. The van der Waals surface area contributed by atoms with Gasteiger partial charge in [-0.25, -0.2) is 18.7 Å². The molecule has 5 heterocycles. The maximum Gasteiger partial charge on any atom is 0.251 e. The number of rotatable bonds is 7. The Balaban J connectivity index is 1.29. The van der Waals surface area contributed by atoms with E-state index in [0.29, 0.717) is 42.0 Å². The number of aliphatic hydroxyl groups is 1. The van der Waals surface area contributed by atoms with Gasteiger partial charge in [-0.05, 0) is 60.4 Å². The van der Waals surface area contributed by atoms with Crippen LogP contribution < -0.4 is 4.74 Å². The van der Waals surface area contributed by atoms with Crippen molar-refractivity contribution < 1.29 is 23.4 Å². The molecule has 0 bridgehead atoms. The quantitative estimate of drug-likeness (QED) is 0.345. The fourth-order valence-electron chi connectivity index (χ4n) is 5.29. The van der Waals surface area contributed by atoms with Gasteiger partial charge >= 0.3 is 0 Å². The van der Waals surface area contributed by atoms with E-state index in [0.717, 1.165) is 0 Å². The number of benzene rings is 1. The van der Waals surface area contributed by atoms with E-state index in [1.54, 1.807) is 17.9 Å². The second-order valence-corrected chi connectivity index (χ2v) is 10.1. The van der Waals surface area contributed by atoms with Crippen LogP contribution in [0.4, 0.5) is 8.78 Å². The molecule has 2 aliphatic heterocycles. The maximum absolute atomic E-state index is 15.3. The Bertz CT molecular complexity index is 1610. The third-order valence-electron chi connectivity index (χ3n) is 7.13. The fraction of sp³-hybridized carbons (Fsp3) is 0.308. The van der Waals surface area contributed by atoms with Crippen molar-refractivity contribution in [3.05, 3.63) is 71.0 Å². The number of ether oxygens (including phenoxy) is 1. The summed E-state index contributed by atoms with van der Waals surface area (Å²) in [5.41, 5.74) is 1.65. The molecule has 3 atom stereocenters. The van der Waals surface area contributed by atoms with Gasteiger partial charge in [0, 0.05) is 29.4 Å². The lowest BCUT2D eigenvalue weighted by atomic mass is 9.92. The van der Waals surface area contributed by atoms with E-state index in [1.807, 2.05) is 0 Å². The zero-order chi connectivity index (χ0) is 28.0. The number of nitrogens with zero attached hydrogens (tertiary/aromatic N) is 7. The number of carbonyl (C=O) groups excluding carboxylic acids is 1. The summed E-state index contributed by atoms with van der Waals surface area (Å²) < 4.78 is 37.1. The minimum atomic E-state index is -0.689. The number of tetrazole rings is 1. The molecule has 1 aromatic carbocycles. The summed E-state index contributed by atoms with van der Waals surface area (Å²) in [5, 5.41) is 20.3. The summed E-state index contributed by atoms with van der Waals surface area (Å²) in [4.78, 5) is 26.7. The monoisotopic (exact) mass is 568 g/mol. The number of hydrogen-bond acceptors (Lipinski definition) is 8. The van der Waals surface area contributed by atoms with Crippen molar-refractivity contribution in [3.63, 3.8) is 0 Å². The van der Waals surface area contributed by atoms with Crippen LogP contribution in [0.2, 0.25) is 5.02 Å². The number of halogens is 3. The molecule has 1 saturated heterocycles. The van der Waals surface area contributed by atoms with Crippen LogP contribution in [0, 0.1) is 11.6 Å². The number of aromatic nitrogens is 7. The molecular formula is C26H23ClF2N8O3. The highest BCUT2D eigenvalue weighted by Crippen LogP contribution is 2.44. The number of nitrogens with one attached hydrogen (secondary N) is 1. The molecule has 40 heavy (non-hydrogen) atoms. The summed E-state index contributed by atoms with van der Waals surface area (Å²) >= 11 is 6.10. The second kappa shape index (κ2) is 10.4. The van der Waals surface area contributed by atoms with Gasteiger partial charge in [0.1, 0.15) is 18.3 Å². The zero-order valence-electron chi connectivity index (χ0n) is 21.1. The minimum absolute atomic E-state index is 0.0715. The average Bonchev–Trinajstić information content (AvgIpc) is 3.72. The highest BCUT2D eigenvalue weighted by Gasteiger charge is 2.42. The number of imidazole rings is 1. The van der Waals surface area contributed by atoms with Crippen LogP contribution in [0.15, 0.2) is 43.0 Å². The van der Waals surface area contributed by atoms with E-state index in [-0.39, 0.29) is 46.6 Å². The topological polar surface area (TPSA) is 135 Å². The molecule has 2 aliphatic rings. The number of aromatic amines is 1. The van der Waals surface area contributed by atoms with Crippen LogP contribution >= 0.6 is 11.6 Å². The Labute approximate surface area is 231 Å². The van der Waals surface area contributed by atoms with Crippen LogP contribution in [0.5, 0.6) is 5.88 Å². The normalized spacial score (nSPS) is 19.5. The molecule has 14 heteroatoms. The first-order valence-corrected chi connectivity index (χ1v) is 12.9. The SMILES string of the molecule is CC(CO)Oc1nccc(-c2cnc([C@@H]3CC[C@H]4CC(c5c(-n6cnnn6)ccc(Cl)c5F)=CC(=O)N43)[nH]2)c1F. The summed E-state index contributed by atoms with van der Waals surface area (Å²) in [6.45, 7) is 1.31. The number of aliphatic hydroxyl groups excluding tert-OH is 1. The Hall–Kier alpha value is -4.23. The van der Waals surface area contributed by atoms with Crippen molar-refractivity contribution in [2.24, 2.45) is 0 Å². The van der Waals surface area contributed by atoms with Gasteiger partial charge in [0.25, 0.3) is 5.88 Å². The number of carbonyl (C=O) groups is 1.